The third-order valence-electron chi connectivity index (χ3n) is 2.88. The topological polar surface area (TPSA) is 24.5 Å². The molecule has 0 aromatic heterocycles. The molecule has 1 aliphatic heterocycles. The number of morpholine rings is 1. The third-order valence-corrected chi connectivity index (χ3v) is 2.88. The van der Waals surface area contributed by atoms with E-state index >= 15 is 0 Å². The highest BCUT2D eigenvalue weighted by Crippen LogP contribution is 2.13. The van der Waals surface area contributed by atoms with Crippen molar-refractivity contribution in [3.8, 4) is 0 Å². The van der Waals surface area contributed by atoms with Gasteiger partial charge in [-0.1, -0.05) is 13.8 Å². The molecule has 0 spiro atoms. The lowest BCUT2D eigenvalue weighted by molar-refractivity contribution is -0.0550. The van der Waals surface area contributed by atoms with Crippen LogP contribution >= 0.6 is 0 Å². The summed E-state index contributed by atoms with van der Waals surface area (Å²) in [6.07, 6.45) is 1.60. The highest BCUT2D eigenvalue weighted by atomic mass is 16.5. The molecule has 1 fully saturated rings. The van der Waals surface area contributed by atoms with Crippen molar-refractivity contribution in [3.05, 3.63) is 0 Å². The minimum absolute atomic E-state index is 0.402. The molecule has 14 heavy (non-hydrogen) atoms. The second-order valence-corrected chi connectivity index (χ2v) is 4.05. The Morgan fingerprint density at radius 3 is 2.86 bits per heavy atom. The van der Waals surface area contributed by atoms with Gasteiger partial charge in [0.25, 0.3) is 0 Å². The van der Waals surface area contributed by atoms with E-state index in [2.05, 4.69) is 31.0 Å². The van der Waals surface area contributed by atoms with Crippen molar-refractivity contribution in [2.75, 3.05) is 32.8 Å². The van der Waals surface area contributed by atoms with E-state index < -0.39 is 0 Å². The number of nitrogens with one attached hydrogen (secondary N) is 1. The van der Waals surface area contributed by atoms with Crippen LogP contribution in [-0.2, 0) is 4.74 Å². The van der Waals surface area contributed by atoms with Gasteiger partial charge in [0.05, 0.1) is 12.7 Å². The van der Waals surface area contributed by atoms with Crippen LogP contribution in [0.1, 0.15) is 27.2 Å². The number of likely N-dealkylation sites (N-methyl/N-ethyl adjacent to an activating group) is 1. The molecule has 1 rings (SSSR count). The van der Waals surface area contributed by atoms with Gasteiger partial charge in [-0.15, -0.1) is 0 Å². The summed E-state index contributed by atoms with van der Waals surface area (Å²) in [5.41, 5.74) is 0. The van der Waals surface area contributed by atoms with Gasteiger partial charge in [0, 0.05) is 25.7 Å². The van der Waals surface area contributed by atoms with Crippen molar-refractivity contribution in [2.45, 2.75) is 39.3 Å². The zero-order valence-corrected chi connectivity index (χ0v) is 9.75. The molecule has 84 valence electrons. The van der Waals surface area contributed by atoms with E-state index in [-0.39, 0.29) is 0 Å². The van der Waals surface area contributed by atoms with Crippen molar-refractivity contribution in [2.24, 2.45) is 0 Å². The van der Waals surface area contributed by atoms with E-state index in [1.54, 1.807) is 0 Å². The van der Waals surface area contributed by atoms with Crippen molar-refractivity contribution < 1.29 is 4.74 Å². The lowest BCUT2D eigenvalue weighted by Crippen LogP contribution is -2.50. The maximum absolute atomic E-state index is 5.66. The van der Waals surface area contributed by atoms with Crippen molar-refractivity contribution in [1.29, 1.82) is 0 Å². The summed E-state index contributed by atoms with van der Waals surface area (Å²) >= 11 is 0. The molecule has 0 radical (unpaired) electrons. The highest BCUT2D eigenvalue weighted by Gasteiger charge is 2.24. The molecule has 1 heterocycles. The molecule has 0 aromatic carbocycles. The van der Waals surface area contributed by atoms with E-state index in [4.69, 9.17) is 4.74 Å². The van der Waals surface area contributed by atoms with Crippen LogP contribution in [0.3, 0.4) is 0 Å². The smallest absolute Gasteiger partial charge is 0.0674 e. The van der Waals surface area contributed by atoms with Crippen LogP contribution in [0.2, 0.25) is 0 Å². The molecule has 2 atom stereocenters. The van der Waals surface area contributed by atoms with E-state index in [0.717, 1.165) is 32.8 Å². The molecular weight excluding hydrogens is 176 g/mol. The summed E-state index contributed by atoms with van der Waals surface area (Å²) in [6.45, 7) is 11.9. The number of nitrogens with zero attached hydrogens (tertiary/aromatic N) is 1. The zero-order chi connectivity index (χ0) is 10.4. The first-order valence-corrected chi connectivity index (χ1v) is 5.84. The Kier molecular flexibility index (Phi) is 5.45. The predicted molar refractivity (Wildman–Crippen MR) is 59.6 cm³/mol. The monoisotopic (exact) mass is 200 g/mol. The van der Waals surface area contributed by atoms with Crippen LogP contribution in [0.15, 0.2) is 0 Å². The predicted octanol–water partition coefficient (Wildman–Crippen LogP) is 1.10. The van der Waals surface area contributed by atoms with Crippen LogP contribution in [0.4, 0.5) is 0 Å². The summed E-state index contributed by atoms with van der Waals surface area (Å²) in [5, 5.41) is 3.37. The Balaban J connectivity index is 2.29. The second-order valence-electron chi connectivity index (χ2n) is 4.05. The molecule has 3 heteroatoms. The Hall–Kier alpha value is -0.120. The van der Waals surface area contributed by atoms with Gasteiger partial charge in [0.2, 0.25) is 0 Å². The number of hydrogen-bond acceptors (Lipinski definition) is 3. The van der Waals surface area contributed by atoms with E-state index in [1.165, 1.54) is 6.42 Å². The molecule has 0 bridgehead atoms. The fourth-order valence-electron chi connectivity index (χ4n) is 1.96. The molecule has 1 aliphatic rings. The average Bonchev–Trinajstić information content (AvgIpc) is 2.19. The maximum atomic E-state index is 5.66. The largest absolute Gasteiger partial charge is 0.376 e. The van der Waals surface area contributed by atoms with Gasteiger partial charge in [-0.25, -0.2) is 0 Å². The fourth-order valence-corrected chi connectivity index (χ4v) is 1.96. The number of rotatable bonds is 5. The Bertz CT molecular complexity index is 152. The number of hydrogen-bond donors (Lipinski definition) is 1. The van der Waals surface area contributed by atoms with E-state index in [0.29, 0.717) is 12.1 Å². The van der Waals surface area contributed by atoms with Gasteiger partial charge < -0.3 is 10.1 Å². The normalized spacial score (nSPS) is 29.4. The van der Waals surface area contributed by atoms with Crippen molar-refractivity contribution >= 4 is 0 Å². The first-order valence-electron chi connectivity index (χ1n) is 5.84. The van der Waals surface area contributed by atoms with Gasteiger partial charge in [-0.05, 0) is 19.9 Å². The number of ether oxygens (including phenoxy) is 1. The SMILES string of the molecule is CCNCCN1CC(C)OCC1CC. The van der Waals surface area contributed by atoms with E-state index in [1.807, 2.05) is 0 Å². The molecule has 2 unspecified atom stereocenters. The van der Waals surface area contributed by atoms with Gasteiger partial charge in [-0.3, -0.25) is 4.90 Å². The van der Waals surface area contributed by atoms with Gasteiger partial charge in [0.15, 0.2) is 0 Å². The summed E-state index contributed by atoms with van der Waals surface area (Å²) in [6, 6.07) is 0.629. The Morgan fingerprint density at radius 2 is 2.21 bits per heavy atom. The average molecular weight is 200 g/mol. The van der Waals surface area contributed by atoms with Gasteiger partial charge >= 0.3 is 0 Å². The zero-order valence-electron chi connectivity index (χ0n) is 9.75. The van der Waals surface area contributed by atoms with Crippen LogP contribution in [-0.4, -0.2) is 49.8 Å². The molecule has 3 nitrogen and oxygen atoms in total. The van der Waals surface area contributed by atoms with Gasteiger partial charge in [-0.2, -0.15) is 0 Å². The summed E-state index contributed by atoms with van der Waals surface area (Å²) in [4.78, 5) is 2.55. The van der Waals surface area contributed by atoms with Gasteiger partial charge in [0.1, 0.15) is 0 Å². The first kappa shape index (κ1) is 12.0. The first-order chi connectivity index (χ1) is 6.77. The quantitative estimate of drug-likeness (QED) is 0.673. The molecule has 0 aromatic rings. The third kappa shape index (κ3) is 3.56. The highest BCUT2D eigenvalue weighted by molar-refractivity contribution is 4.77. The molecule has 1 saturated heterocycles. The molecule has 0 aliphatic carbocycles. The Labute approximate surface area is 87.8 Å². The fraction of sp³-hybridized carbons (Fsp3) is 1.00. The summed E-state index contributed by atoms with van der Waals surface area (Å²) in [5.74, 6) is 0. The minimum atomic E-state index is 0.402. The van der Waals surface area contributed by atoms with Crippen LogP contribution in [0.5, 0.6) is 0 Å². The van der Waals surface area contributed by atoms with Crippen molar-refractivity contribution in [1.82, 2.24) is 10.2 Å². The van der Waals surface area contributed by atoms with Crippen LogP contribution in [0, 0.1) is 0 Å². The summed E-state index contributed by atoms with van der Waals surface area (Å²) in [7, 11) is 0. The van der Waals surface area contributed by atoms with Crippen LogP contribution < -0.4 is 5.32 Å². The molecule has 1 N–H and O–H groups in total. The molecule has 0 amide bonds. The lowest BCUT2D eigenvalue weighted by Gasteiger charge is -2.38. The van der Waals surface area contributed by atoms with E-state index in [9.17, 15) is 0 Å². The molecular formula is C11H24N2O. The van der Waals surface area contributed by atoms with Crippen LogP contribution in [0.25, 0.3) is 0 Å². The van der Waals surface area contributed by atoms with Crippen molar-refractivity contribution in [3.63, 3.8) is 0 Å². The minimum Gasteiger partial charge on any atom is -0.376 e. The maximum Gasteiger partial charge on any atom is 0.0674 e. The lowest BCUT2D eigenvalue weighted by atomic mass is 10.1. The summed E-state index contributed by atoms with van der Waals surface area (Å²) < 4.78 is 5.66. The molecule has 0 saturated carbocycles. The standard InChI is InChI=1S/C11H24N2O/c1-4-11-9-14-10(3)8-13(11)7-6-12-5-2/h10-12H,4-9H2,1-3H3. The Morgan fingerprint density at radius 1 is 1.43 bits per heavy atom. The second kappa shape index (κ2) is 6.38.